The smallest absolute Gasteiger partial charge is 0.0641 e. The van der Waals surface area contributed by atoms with E-state index >= 15 is 0 Å². The summed E-state index contributed by atoms with van der Waals surface area (Å²) in [5, 5.41) is 17.1. The van der Waals surface area contributed by atoms with E-state index in [0.29, 0.717) is 30.8 Å². The second-order valence-electron chi connectivity index (χ2n) is 7.83. The Hall–Kier alpha value is -2.38. The first-order valence-electron chi connectivity index (χ1n) is 9.91. The summed E-state index contributed by atoms with van der Waals surface area (Å²) < 4.78 is 1.98. The predicted molar refractivity (Wildman–Crippen MR) is 110 cm³/mol. The first-order valence-corrected chi connectivity index (χ1v) is 9.91. The van der Waals surface area contributed by atoms with E-state index in [1.165, 1.54) is 22.4 Å². The van der Waals surface area contributed by atoms with Gasteiger partial charge in [0.05, 0.1) is 24.7 Å². The predicted octanol–water partition coefficient (Wildman–Crippen LogP) is 4.74. The van der Waals surface area contributed by atoms with Crippen molar-refractivity contribution in [1.82, 2.24) is 15.1 Å². The van der Waals surface area contributed by atoms with Crippen LogP contribution in [0.15, 0.2) is 36.4 Å². The van der Waals surface area contributed by atoms with Gasteiger partial charge in [0.25, 0.3) is 0 Å². The average Bonchev–Trinajstić information content (AvgIpc) is 3.22. The molecule has 0 aliphatic heterocycles. The monoisotopic (exact) mass is 362 g/mol. The number of hydrogen-bond donors (Lipinski definition) is 1. The minimum absolute atomic E-state index is 0.390. The molecular weight excluding hydrogens is 332 g/mol. The van der Waals surface area contributed by atoms with Gasteiger partial charge in [0, 0.05) is 29.8 Å². The van der Waals surface area contributed by atoms with Crippen molar-refractivity contribution in [1.29, 1.82) is 5.26 Å². The molecule has 0 saturated carbocycles. The van der Waals surface area contributed by atoms with Crippen LogP contribution in [0.25, 0.3) is 0 Å². The Morgan fingerprint density at radius 3 is 2.63 bits per heavy atom. The molecule has 0 fully saturated rings. The van der Waals surface area contributed by atoms with E-state index < -0.39 is 0 Å². The molecule has 1 heterocycles. The molecular formula is C23H30N4. The maximum absolute atomic E-state index is 8.83. The molecule has 1 aliphatic carbocycles. The van der Waals surface area contributed by atoms with Gasteiger partial charge in [-0.25, -0.2) is 0 Å². The lowest BCUT2D eigenvalue weighted by Crippen LogP contribution is -2.25. The van der Waals surface area contributed by atoms with Crippen LogP contribution in [0.3, 0.4) is 0 Å². The van der Waals surface area contributed by atoms with Crippen LogP contribution in [0.4, 0.5) is 0 Å². The first kappa shape index (κ1) is 19.4. The number of allylic oxidation sites excluding steroid dienone is 1. The van der Waals surface area contributed by atoms with Crippen molar-refractivity contribution in [3.8, 4) is 6.07 Å². The van der Waals surface area contributed by atoms with Crippen LogP contribution in [-0.4, -0.2) is 15.8 Å². The van der Waals surface area contributed by atoms with Crippen LogP contribution in [-0.2, 0) is 13.1 Å². The highest BCUT2D eigenvalue weighted by Crippen LogP contribution is 2.33. The lowest BCUT2D eigenvalue weighted by molar-refractivity contribution is 0.557. The number of aryl methyl sites for hydroxylation is 2. The summed E-state index contributed by atoms with van der Waals surface area (Å²) in [6.07, 6.45) is 6.17. The molecule has 4 nitrogen and oxygen atoms in total. The van der Waals surface area contributed by atoms with E-state index in [-0.39, 0.29) is 0 Å². The molecule has 1 aromatic carbocycles. The molecule has 3 rings (SSSR count). The number of nitrogens with one attached hydrogen (secondary N) is 1. The Morgan fingerprint density at radius 1 is 1.22 bits per heavy atom. The van der Waals surface area contributed by atoms with Crippen LogP contribution in [0.2, 0.25) is 0 Å². The number of nitrogens with zero attached hydrogens (tertiary/aromatic N) is 3. The summed E-state index contributed by atoms with van der Waals surface area (Å²) in [6, 6.07) is 11.5. The highest BCUT2D eigenvalue weighted by atomic mass is 15.3. The van der Waals surface area contributed by atoms with E-state index in [2.05, 4.69) is 80.6 Å². The molecule has 0 bridgehead atoms. The first-order chi connectivity index (χ1) is 13.0. The Kier molecular flexibility index (Phi) is 6.13. The molecule has 1 aliphatic rings. The second kappa shape index (κ2) is 8.54. The largest absolute Gasteiger partial charge is 0.306 e. The topological polar surface area (TPSA) is 53.6 Å². The molecule has 142 valence electrons. The lowest BCUT2D eigenvalue weighted by atomic mass is 9.96. The summed E-state index contributed by atoms with van der Waals surface area (Å²) in [4.78, 5) is 0. The fraction of sp³-hybridized carbons (Fsp3) is 0.478. The molecule has 2 aromatic rings. The number of nitriles is 1. The van der Waals surface area contributed by atoms with Gasteiger partial charge >= 0.3 is 0 Å². The van der Waals surface area contributed by atoms with E-state index in [4.69, 9.17) is 5.26 Å². The van der Waals surface area contributed by atoms with Crippen LogP contribution in [0, 0.1) is 25.2 Å². The quantitative estimate of drug-likeness (QED) is 0.724. The number of benzene rings is 1. The third kappa shape index (κ3) is 4.48. The van der Waals surface area contributed by atoms with E-state index in [9.17, 15) is 0 Å². The third-order valence-corrected chi connectivity index (χ3v) is 5.54. The van der Waals surface area contributed by atoms with Crippen LogP contribution in [0.1, 0.15) is 66.6 Å². The summed E-state index contributed by atoms with van der Waals surface area (Å²) in [5.74, 6) is 0.979. The molecule has 0 amide bonds. The van der Waals surface area contributed by atoms with E-state index in [1.54, 1.807) is 0 Å². The van der Waals surface area contributed by atoms with Gasteiger partial charge in [-0.05, 0) is 37.3 Å². The normalized spacial score (nSPS) is 19.0. The Balaban J connectivity index is 1.58. The zero-order chi connectivity index (χ0) is 19.4. The van der Waals surface area contributed by atoms with Gasteiger partial charge in [0.1, 0.15) is 0 Å². The minimum Gasteiger partial charge on any atom is -0.306 e. The van der Waals surface area contributed by atoms with Gasteiger partial charge in [-0.1, -0.05) is 50.3 Å². The van der Waals surface area contributed by atoms with Crippen LogP contribution >= 0.6 is 0 Å². The average molecular weight is 363 g/mol. The SMILES string of the molecule is Cc1nn(CCC#N)c(C)c1[C@@H]1C=C[C@@H](NCc2ccc(C(C)C)cc2)C1. The summed E-state index contributed by atoms with van der Waals surface area (Å²) in [7, 11) is 0. The van der Waals surface area contributed by atoms with Crippen molar-refractivity contribution in [2.45, 2.75) is 71.5 Å². The highest BCUT2D eigenvalue weighted by molar-refractivity contribution is 5.35. The highest BCUT2D eigenvalue weighted by Gasteiger charge is 2.25. The molecule has 2 atom stereocenters. The third-order valence-electron chi connectivity index (χ3n) is 5.54. The molecule has 0 unspecified atom stereocenters. The summed E-state index contributed by atoms with van der Waals surface area (Å²) in [5.41, 5.74) is 6.33. The van der Waals surface area contributed by atoms with Gasteiger partial charge in [-0.2, -0.15) is 10.4 Å². The zero-order valence-corrected chi connectivity index (χ0v) is 16.9. The van der Waals surface area contributed by atoms with Crippen LogP contribution < -0.4 is 5.32 Å². The van der Waals surface area contributed by atoms with Crippen molar-refractivity contribution < 1.29 is 0 Å². The van der Waals surface area contributed by atoms with Gasteiger partial charge in [0.15, 0.2) is 0 Å². The maximum Gasteiger partial charge on any atom is 0.0641 e. The van der Waals surface area contributed by atoms with Gasteiger partial charge in [-0.15, -0.1) is 0 Å². The molecule has 1 aromatic heterocycles. The lowest BCUT2D eigenvalue weighted by Gasteiger charge is -2.15. The number of hydrogen-bond acceptors (Lipinski definition) is 3. The molecule has 0 spiro atoms. The summed E-state index contributed by atoms with van der Waals surface area (Å²) >= 11 is 0. The van der Waals surface area contributed by atoms with E-state index in [1.807, 2.05) is 4.68 Å². The van der Waals surface area contributed by atoms with Gasteiger partial charge < -0.3 is 5.32 Å². The number of aromatic nitrogens is 2. The van der Waals surface area contributed by atoms with Crippen molar-refractivity contribution in [3.63, 3.8) is 0 Å². The fourth-order valence-electron chi connectivity index (χ4n) is 3.95. The molecule has 27 heavy (non-hydrogen) atoms. The van der Waals surface area contributed by atoms with Crippen molar-refractivity contribution in [2.24, 2.45) is 0 Å². The van der Waals surface area contributed by atoms with Crippen molar-refractivity contribution >= 4 is 0 Å². The Labute approximate surface area is 162 Å². The molecule has 1 N–H and O–H groups in total. The fourth-order valence-corrected chi connectivity index (χ4v) is 3.95. The second-order valence-corrected chi connectivity index (χ2v) is 7.83. The standard InChI is InChI=1S/C23H30N4/c1-16(2)20-8-6-19(7-9-20)15-25-22-11-10-21(14-22)23-17(3)26-27(18(23)4)13-5-12-24/h6-11,16,21-22,25H,5,13-15H2,1-4H3/t21-,22-/m1/s1. The minimum atomic E-state index is 0.390. The molecule has 4 heteroatoms. The summed E-state index contributed by atoms with van der Waals surface area (Å²) in [6.45, 7) is 10.2. The molecule has 0 saturated heterocycles. The van der Waals surface area contributed by atoms with Crippen molar-refractivity contribution in [2.75, 3.05) is 0 Å². The Bertz CT molecular complexity index is 836. The number of rotatable bonds is 7. The van der Waals surface area contributed by atoms with Gasteiger partial charge in [-0.3, -0.25) is 4.68 Å². The Morgan fingerprint density at radius 2 is 1.96 bits per heavy atom. The van der Waals surface area contributed by atoms with Gasteiger partial charge in [0.2, 0.25) is 0 Å². The maximum atomic E-state index is 8.83. The molecule has 0 radical (unpaired) electrons. The van der Waals surface area contributed by atoms with E-state index in [0.717, 1.165) is 18.7 Å². The zero-order valence-electron chi connectivity index (χ0n) is 16.9. The van der Waals surface area contributed by atoms with Crippen LogP contribution in [0.5, 0.6) is 0 Å². The van der Waals surface area contributed by atoms with Crippen molar-refractivity contribution in [3.05, 3.63) is 64.5 Å².